The zero-order valence-electron chi connectivity index (χ0n) is 14.1. The summed E-state index contributed by atoms with van der Waals surface area (Å²) >= 11 is 0. The second-order valence-corrected chi connectivity index (χ2v) is 6.08. The molecule has 26 heavy (non-hydrogen) atoms. The van der Waals surface area contributed by atoms with Gasteiger partial charge in [-0.25, -0.2) is 4.39 Å². The molecule has 0 aliphatic carbocycles. The molecule has 0 saturated heterocycles. The van der Waals surface area contributed by atoms with Crippen molar-refractivity contribution in [3.05, 3.63) is 71.0 Å². The lowest BCUT2D eigenvalue weighted by molar-refractivity contribution is -0.139. The molecule has 0 fully saturated rings. The fraction of sp³-hybridized carbons (Fsp3) is 0.316. The average Bonchev–Trinajstić information content (AvgIpc) is 2.58. The lowest BCUT2D eigenvalue weighted by atomic mass is 9.99. The third-order valence-corrected chi connectivity index (χ3v) is 3.97. The lowest BCUT2D eigenvalue weighted by Gasteiger charge is -2.19. The highest BCUT2D eigenvalue weighted by molar-refractivity contribution is 5.78. The maximum Gasteiger partial charge on any atom is 0.416 e. The molecule has 0 bridgehead atoms. The van der Waals surface area contributed by atoms with Crippen LogP contribution in [-0.2, 0) is 17.4 Å². The quantitative estimate of drug-likeness (QED) is 0.760. The lowest BCUT2D eigenvalue weighted by Crippen LogP contribution is -2.34. The molecule has 1 amide bonds. The highest BCUT2D eigenvalue weighted by Crippen LogP contribution is 2.34. The smallest absolute Gasteiger partial charge is 0.387 e. The molecule has 2 N–H and O–H groups in total. The van der Waals surface area contributed by atoms with Crippen molar-refractivity contribution in [2.75, 3.05) is 6.54 Å². The summed E-state index contributed by atoms with van der Waals surface area (Å²) in [6.07, 6.45) is -5.80. The molecular weight excluding hydrogens is 350 g/mol. The van der Waals surface area contributed by atoms with Gasteiger partial charge in [-0.15, -0.1) is 0 Å². The van der Waals surface area contributed by atoms with Crippen LogP contribution >= 0.6 is 0 Å². The molecule has 140 valence electrons. The Bertz CT molecular complexity index is 761. The number of amides is 1. The van der Waals surface area contributed by atoms with E-state index in [1.54, 1.807) is 13.0 Å². The predicted molar refractivity (Wildman–Crippen MR) is 88.7 cm³/mol. The Morgan fingerprint density at radius 2 is 1.85 bits per heavy atom. The van der Waals surface area contributed by atoms with Crippen molar-refractivity contribution in [1.29, 1.82) is 0 Å². The summed E-state index contributed by atoms with van der Waals surface area (Å²) in [5, 5.41) is 12.5. The molecule has 0 aliphatic rings. The monoisotopic (exact) mass is 369 g/mol. The molecule has 0 radical (unpaired) electrons. The first-order valence-corrected chi connectivity index (χ1v) is 8.05. The first-order chi connectivity index (χ1) is 12.2. The Kier molecular flexibility index (Phi) is 6.37. The van der Waals surface area contributed by atoms with Crippen LogP contribution in [0.15, 0.2) is 48.5 Å². The fourth-order valence-corrected chi connectivity index (χ4v) is 2.64. The number of aliphatic hydroxyl groups is 1. The Morgan fingerprint density at radius 1 is 1.15 bits per heavy atom. The van der Waals surface area contributed by atoms with E-state index in [1.807, 2.05) is 0 Å². The molecule has 0 saturated carbocycles. The number of alkyl halides is 3. The summed E-state index contributed by atoms with van der Waals surface area (Å²) in [6, 6.07) is 10.5. The predicted octanol–water partition coefficient (Wildman–Crippen LogP) is 3.87. The number of halogens is 4. The highest BCUT2D eigenvalue weighted by Gasteiger charge is 2.34. The Hall–Kier alpha value is -2.41. The van der Waals surface area contributed by atoms with Crippen LogP contribution in [0.2, 0.25) is 0 Å². The van der Waals surface area contributed by atoms with Gasteiger partial charge in [0.2, 0.25) is 5.91 Å². The molecular formula is C19H19F4NO2. The molecule has 2 aromatic rings. The van der Waals surface area contributed by atoms with Crippen LogP contribution in [0, 0.1) is 11.7 Å². The van der Waals surface area contributed by atoms with Gasteiger partial charge in [0.25, 0.3) is 0 Å². The first-order valence-electron chi connectivity index (χ1n) is 8.05. The Labute approximate surface area is 148 Å². The van der Waals surface area contributed by atoms with Crippen LogP contribution in [0.25, 0.3) is 0 Å². The van der Waals surface area contributed by atoms with E-state index in [0.717, 1.165) is 6.07 Å². The minimum absolute atomic E-state index is 0.277. The van der Waals surface area contributed by atoms with Crippen LogP contribution in [0.5, 0.6) is 0 Å². The van der Waals surface area contributed by atoms with Crippen LogP contribution in [-0.4, -0.2) is 17.6 Å². The van der Waals surface area contributed by atoms with E-state index in [1.165, 1.54) is 36.4 Å². The summed E-state index contributed by atoms with van der Waals surface area (Å²) in [5.74, 6) is -1.37. The van der Waals surface area contributed by atoms with Crippen molar-refractivity contribution >= 4 is 5.91 Å². The Balaban J connectivity index is 1.97. The number of carbonyl (C=O) groups excluding carboxylic acids is 1. The van der Waals surface area contributed by atoms with Crippen molar-refractivity contribution < 1.29 is 27.5 Å². The van der Waals surface area contributed by atoms with Gasteiger partial charge >= 0.3 is 6.18 Å². The number of benzene rings is 2. The van der Waals surface area contributed by atoms with Crippen LogP contribution in [0.1, 0.15) is 29.7 Å². The second kappa shape index (κ2) is 8.31. The molecule has 0 spiro atoms. The number of nitrogens with one attached hydrogen (secondary N) is 1. The maximum absolute atomic E-state index is 13.2. The molecule has 2 unspecified atom stereocenters. The second-order valence-electron chi connectivity index (χ2n) is 6.08. The van der Waals surface area contributed by atoms with Crippen molar-refractivity contribution in [1.82, 2.24) is 5.32 Å². The first kappa shape index (κ1) is 19.9. The van der Waals surface area contributed by atoms with Crippen LogP contribution < -0.4 is 5.32 Å². The number of rotatable bonds is 6. The summed E-state index contributed by atoms with van der Waals surface area (Å²) in [7, 11) is 0. The largest absolute Gasteiger partial charge is 0.416 e. The summed E-state index contributed by atoms with van der Waals surface area (Å²) in [5.41, 5.74) is -0.594. The van der Waals surface area contributed by atoms with Crippen LogP contribution in [0.3, 0.4) is 0 Å². The van der Waals surface area contributed by atoms with Gasteiger partial charge in [0, 0.05) is 12.5 Å². The molecule has 2 rings (SSSR count). The van der Waals surface area contributed by atoms with E-state index in [9.17, 15) is 27.5 Å². The van der Waals surface area contributed by atoms with Gasteiger partial charge in [0.05, 0.1) is 11.7 Å². The number of aliphatic hydroxyl groups excluding tert-OH is 1. The van der Waals surface area contributed by atoms with Crippen molar-refractivity contribution in [2.24, 2.45) is 5.92 Å². The minimum Gasteiger partial charge on any atom is -0.387 e. The SMILES string of the molecule is CC(Cc1cccc(F)c1)C(=O)NCC(O)c1ccccc1C(F)(F)F. The zero-order chi connectivity index (χ0) is 19.3. The molecule has 2 atom stereocenters. The number of hydrogen-bond donors (Lipinski definition) is 2. The van der Waals surface area contributed by atoms with Crippen molar-refractivity contribution in [3.8, 4) is 0 Å². The van der Waals surface area contributed by atoms with Gasteiger partial charge < -0.3 is 10.4 Å². The summed E-state index contributed by atoms with van der Waals surface area (Å²) < 4.78 is 52.1. The summed E-state index contributed by atoms with van der Waals surface area (Å²) in [4.78, 5) is 12.1. The molecule has 7 heteroatoms. The van der Waals surface area contributed by atoms with Gasteiger partial charge in [-0.1, -0.05) is 37.3 Å². The third kappa shape index (κ3) is 5.29. The molecule has 3 nitrogen and oxygen atoms in total. The molecule has 0 heterocycles. The van der Waals surface area contributed by atoms with E-state index in [0.29, 0.717) is 5.56 Å². The number of hydrogen-bond acceptors (Lipinski definition) is 2. The normalized spacial score (nSPS) is 13.9. The third-order valence-electron chi connectivity index (χ3n) is 3.97. The van der Waals surface area contributed by atoms with Crippen LogP contribution in [0.4, 0.5) is 17.6 Å². The average molecular weight is 369 g/mol. The molecule has 0 aliphatic heterocycles. The van der Waals surface area contributed by atoms with Crippen molar-refractivity contribution in [2.45, 2.75) is 25.6 Å². The van der Waals surface area contributed by atoms with Gasteiger partial charge in [0.1, 0.15) is 5.82 Å². The van der Waals surface area contributed by atoms with Gasteiger partial charge in [-0.2, -0.15) is 13.2 Å². The van der Waals surface area contributed by atoms with Gasteiger partial charge in [-0.05, 0) is 35.7 Å². The van der Waals surface area contributed by atoms with Gasteiger partial charge in [0.15, 0.2) is 0 Å². The van der Waals surface area contributed by atoms with E-state index in [2.05, 4.69) is 5.32 Å². The summed E-state index contributed by atoms with van der Waals surface area (Å²) in [6.45, 7) is 1.27. The van der Waals surface area contributed by atoms with Gasteiger partial charge in [-0.3, -0.25) is 4.79 Å². The zero-order valence-corrected chi connectivity index (χ0v) is 14.1. The van der Waals surface area contributed by atoms with E-state index in [4.69, 9.17) is 0 Å². The molecule has 0 aromatic heterocycles. The topological polar surface area (TPSA) is 49.3 Å². The molecule has 2 aromatic carbocycles. The highest BCUT2D eigenvalue weighted by atomic mass is 19.4. The number of carbonyl (C=O) groups is 1. The van der Waals surface area contributed by atoms with E-state index in [-0.39, 0.29) is 18.5 Å². The fourth-order valence-electron chi connectivity index (χ4n) is 2.64. The Morgan fingerprint density at radius 3 is 2.50 bits per heavy atom. The van der Waals surface area contributed by atoms with E-state index >= 15 is 0 Å². The minimum atomic E-state index is -4.59. The van der Waals surface area contributed by atoms with E-state index < -0.39 is 35.5 Å². The standard InChI is InChI=1S/C19H19F4NO2/c1-12(9-13-5-4-6-14(20)10-13)18(26)24-11-17(25)15-7-2-3-8-16(15)19(21,22)23/h2-8,10,12,17,25H,9,11H2,1H3,(H,24,26). The van der Waals surface area contributed by atoms with Crippen molar-refractivity contribution in [3.63, 3.8) is 0 Å². The maximum atomic E-state index is 13.2.